The van der Waals surface area contributed by atoms with Crippen molar-refractivity contribution in [3.05, 3.63) is 239 Å². The molecular formula is C64H52. The molecule has 10 aromatic carbocycles. The summed E-state index contributed by atoms with van der Waals surface area (Å²) < 4.78 is 0. The summed E-state index contributed by atoms with van der Waals surface area (Å²) in [4.78, 5) is 0. The molecular weight excluding hydrogens is 769 g/mol. The summed E-state index contributed by atoms with van der Waals surface area (Å²) in [5.74, 6) is 0.353. The second-order valence-electron chi connectivity index (χ2n) is 19.7. The minimum absolute atomic E-state index is 0.0926. The Bertz CT molecular complexity index is 3480. The van der Waals surface area contributed by atoms with Crippen molar-refractivity contribution in [3.8, 4) is 44.5 Å². The zero-order valence-electron chi connectivity index (χ0n) is 37.3. The van der Waals surface area contributed by atoms with E-state index in [0.29, 0.717) is 5.92 Å². The van der Waals surface area contributed by atoms with E-state index in [1.54, 1.807) is 0 Å². The van der Waals surface area contributed by atoms with Gasteiger partial charge < -0.3 is 0 Å². The highest BCUT2D eigenvalue weighted by Gasteiger charge is 2.37. The molecule has 0 aliphatic heterocycles. The second kappa shape index (κ2) is 14.8. The van der Waals surface area contributed by atoms with E-state index in [-0.39, 0.29) is 10.8 Å². The molecule has 0 heteroatoms. The molecule has 308 valence electrons. The van der Waals surface area contributed by atoms with Crippen molar-refractivity contribution < 1.29 is 0 Å². The first-order valence-electron chi connectivity index (χ1n) is 23.2. The first-order valence-corrected chi connectivity index (χ1v) is 23.2. The molecule has 10 aromatic rings. The fraction of sp³-hybridized carbons (Fsp3) is 0.156. The molecule has 0 radical (unpaired) electrons. The lowest BCUT2D eigenvalue weighted by Gasteiger charge is -2.25. The molecule has 0 spiro atoms. The van der Waals surface area contributed by atoms with Crippen LogP contribution in [-0.2, 0) is 23.7 Å². The first-order chi connectivity index (χ1) is 31.2. The van der Waals surface area contributed by atoms with Gasteiger partial charge in [-0.25, -0.2) is 0 Å². The van der Waals surface area contributed by atoms with Crippen molar-refractivity contribution in [2.75, 3.05) is 0 Å². The molecule has 0 heterocycles. The number of benzene rings is 10. The Morgan fingerprint density at radius 1 is 0.359 bits per heavy atom. The Morgan fingerprint density at radius 3 is 1.42 bits per heavy atom. The number of rotatable bonds is 8. The summed E-state index contributed by atoms with van der Waals surface area (Å²) in [6, 6.07) is 76.0. The predicted molar refractivity (Wildman–Crippen MR) is 273 cm³/mol. The third-order valence-electron chi connectivity index (χ3n) is 15.2. The van der Waals surface area contributed by atoms with Gasteiger partial charge in [-0.05, 0) is 165 Å². The van der Waals surface area contributed by atoms with Gasteiger partial charge in [0.25, 0.3) is 0 Å². The van der Waals surface area contributed by atoms with Gasteiger partial charge in [0.05, 0.1) is 0 Å². The zero-order valence-corrected chi connectivity index (χ0v) is 37.3. The zero-order chi connectivity index (χ0) is 43.2. The molecule has 2 aliphatic carbocycles. The summed E-state index contributed by atoms with van der Waals surface area (Å²) in [5.41, 5.74) is 20.4. The average molecular weight is 821 g/mol. The average Bonchev–Trinajstić information content (AvgIpc) is 3.70. The molecule has 2 aliphatic rings. The lowest BCUT2D eigenvalue weighted by molar-refractivity contribution is 0.614. The van der Waals surface area contributed by atoms with E-state index < -0.39 is 0 Å². The Kier molecular flexibility index (Phi) is 8.93. The van der Waals surface area contributed by atoms with Crippen LogP contribution < -0.4 is 0 Å². The number of hydrogen-bond donors (Lipinski definition) is 0. The maximum absolute atomic E-state index is 2.58. The highest BCUT2D eigenvalue weighted by Crippen LogP contribution is 2.52. The largest absolute Gasteiger partial charge is 0.0616 e. The Balaban J connectivity index is 0.867. The van der Waals surface area contributed by atoms with Crippen LogP contribution in [0.2, 0.25) is 0 Å². The molecule has 12 rings (SSSR count). The highest BCUT2D eigenvalue weighted by molar-refractivity contribution is 5.91. The normalized spacial score (nSPS) is 14.6. The van der Waals surface area contributed by atoms with E-state index in [9.17, 15) is 0 Å². The molecule has 0 aromatic heterocycles. The van der Waals surface area contributed by atoms with Crippen LogP contribution in [0.4, 0.5) is 0 Å². The third kappa shape index (κ3) is 6.34. The lowest BCUT2D eigenvalue weighted by atomic mass is 9.78. The van der Waals surface area contributed by atoms with Gasteiger partial charge in [-0.1, -0.05) is 204 Å². The predicted octanol–water partition coefficient (Wildman–Crippen LogP) is 17.1. The molecule has 0 saturated heterocycles. The fourth-order valence-electron chi connectivity index (χ4n) is 11.5. The highest BCUT2D eigenvalue weighted by atomic mass is 14.4. The molecule has 1 atom stereocenters. The summed E-state index contributed by atoms with van der Waals surface area (Å²) in [5, 5.41) is 7.81. The maximum atomic E-state index is 2.58. The molecule has 0 bridgehead atoms. The van der Waals surface area contributed by atoms with Crippen LogP contribution in [0.5, 0.6) is 0 Å². The van der Waals surface area contributed by atoms with Gasteiger partial charge in [0.2, 0.25) is 0 Å². The smallest absolute Gasteiger partial charge is 0.0159 e. The SMILES string of the molecule is CC1(C)c2cc(CCC(Cc3cccc4ccccc34)c3ccc4c(c3)C(C)(C)c3cc(-c5ccc6ccccc6c5)ccc3-4)ccc2-c2ccc(-c3ccc4ccccc4c3)cc21. The van der Waals surface area contributed by atoms with E-state index in [2.05, 4.69) is 228 Å². The minimum atomic E-state index is -0.119. The topological polar surface area (TPSA) is 0 Å². The van der Waals surface area contributed by atoms with Gasteiger partial charge in [0.1, 0.15) is 0 Å². The van der Waals surface area contributed by atoms with Crippen LogP contribution in [0.3, 0.4) is 0 Å². The fourth-order valence-corrected chi connectivity index (χ4v) is 11.5. The lowest BCUT2D eigenvalue weighted by Crippen LogP contribution is -2.16. The van der Waals surface area contributed by atoms with E-state index in [1.165, 1.54) is 116 Å². The van der Waals surface area contributed by atoms with Gasteiger partial charge in [-0.15, -0.1) is 0 Å². The van der Waals surface area contributed by atoms with Crippen molar-refractivity contribution in [2.24, 2.45) is 0 Å². The van der Waals surface area contributed by atoms with E-state index in [0.717, 1.165) is 19.3 Å². The molecule has 0 saturated carbocycles. The van der Waals surface area contributed by atoms with Crippen LogP contribution >= 0.6 is 0 Å². The van der Waals surface area contributed by atoms with Gasteiger partial charge >= 0.3 is 0 Å². The van der Waals surface area contributed by atoms with Crippen molar-refractivity contribution in [1.29, 1.82) is 0 Å². The van der Waals surface area contributed by atoms with Crippen LogP contribution in [-0.4, -0.2) is 0 Å². The first kappa shape index (κ1) is 38.6. The number of fused-ring (bicyclic) bond motifs is 9. The molecule has 0 fully saturated rings. The summed E-state index contributed by atoms with van der Waals surface area (Å²) >= 11 is 0. The molecule has 0 N–H and O–H groups in total. The summed E-state index contributed by atoms with van der Waals surface area (Å²) in [6.45, 7) is 9.70. The maximum Gasteiger partial charge on any atom is 0.0159 e. The van der Waals surface area contributed by atoms with E-state index in [4.69, 9.17) is 0 Å². The summed E-state index contributed by atoms with van der Waals surface area (Å²) in [6.07, 6.45) is 3.09. The third-order valence-corrected chi connectivity index (χ3v) is 15.2. The summed E-state index contributed by atoms with van der Waals surface area (Å²) in [7, 11) is 0. The monoisotopic (exact) mass is 820 g/mol. The van der Waals surface area contributed by atoms with Crippen LogP contribution in [0.15, 0.2) is 200 Å². The number of aryl methyl sites for hydroxylation is 1. The van der Waals surface area contributed by atoms with Crippen molar-refractivity contribution in [3.63, 3.8) is 0 Å². The van der Waals surface area contributed by atoms with Crippen molar-refractivity contribution in [1.82, 2.24) is 0 Å². The molecule has 0 nitrogen and oxygen atoms in total. The Morgan fingerprint density at radius 2 is 0.812 bits per heavy atom. The van der Waals surface area contributed by atoms with Crippen LogP contribution in [0.1, 0.15) is 79.0 Å². The Hall–Kier alpha value is -7.02. The van der Waals surface area contributed by atoms with E-state index >= 15 is 0 Å². The minimum Gasteiger partial charge on any atom is -0.0616 e. The van der Waals surface area contributed by atoms with Gasteiger partial charge in [-0.3, -0.25) is 0 Å². The molecule has 0 amide bonds. The van der Waals surface area contributed by atoms with Gasteiger partial charge in [0, 0.05) is 10.8 Å². The van der Waals surface area contributed by atoms with Crippen molar-refractivity contribution >= 4 is 32.3 Å². The van der Waals surface area contributed by atoms with E-state index in [1.807, 2.05) is 0 Å². The van der Waals surface area contributed by atoms with Gasteiger partial charge in [-0.2, -0.15) is 0 Å². The second-order valence-corrected chi connectivity index (χ2v) is 19.7. The van der Waals surface area contributed by atoms with Crippen LogP contribution in [0.25, 0.3) is 76.8 Å². The van der Waals surface area contributed by atoms with Crippen LogP contribution in [0, 0.1) is 0 Å². The Labute approximate surface area is 377 Å². The van der Waals surface area contributed by atoms with Gasteiger partial charge in [0.15, 0.2) is 0 Å². The van der Waals surface area contributed by atoms with Crippen molar-refractivity contribution in [2.45, 2.75) is 63.7 Å². The number of hydrogen-bond acceptors (Lipinski definition) is 0. The quantitative estimate of drug-likeness (QED) is 0.143. The molecule has 64 heavy (non-hydrogen) atoms. The standard InChI is InChI=1S/C64H52/c1-63(2)59-34-41(21-30-55(59)56-31-28-51(39-60(56)63)48-25-23-42-12-5-7-15-45(42)35-48)20-22-47(37-53-18-11-17-44-14-9-10-19-54(44)53)50-27-32-57-58-33-29-52(40-62(58)64(3,4)61(57)38-50)49-26-24-43-13-6-8-16-46(43)36-49/h5-19,21,23-36,38-40,47H,20,22,37H2,1-4H3. The molecule has 1 unspecified atom stereocenters.